The Balaban J connectivity index is 1.14. The maximum atomic E-state index is 12.8. The standard InChI is InChI=1S/C24H33N3O4/c1-26-19-8-7-18(15-20(19)31-17-22(26)29)9-13-25-12-5-6-14-27-21(28)16-24(23(27)30)10-3-2-4-11-24/h7-8,15,25H,2-6,9-14,16-17H2,1H3. The Bertz CT molecular complexity index is 847. The number of fused-ring (bicyclic) bond motifs is 1. The average molecular weight is 428 g/mol. The number of amides is 3. The first-order chi connectivity index (χ1) is 15.0. The van der Waals surface area contributed by atoms with Gasteiger partial charge in [0.15, 0.2) is 6.61 Å². The molecule has 7 nitrogen and oxygen atoms in total. The number of unbranched alkanes of at least 4 members (excludes halogenated alkanes) is 1. The second-order valence-corrected chi connectivity index (χ2v) is 9.12. The van der Waals surface area contributed by atoms with Crippen LogP contribution in [-0.2, 0) is 20.8 Å². The number of ether oxygens (including phenoxy) is 1. The predicted octanol–water partition coefficient (Wildman–Crippen LogP) is 2.66. The number of benzene rings is 1. The van der Waals surface area contributed by atoms with Crippen LogP contribution >= 0.6 is 0 Å². The van der Waals surface area contributed by atoms with Gasteiger partial charge in [-0.1, -0.05) is 25.3 Å². The molecule has 1 aromatic rings. The van der Waals surface area contributed by atoms with E-state index in [0.29, 0.717) is 13.0 Å². The van der Waals surface area contributed by atoms with E-state index in [1.54, 1.807) is 11.9 Å². The number of anilines is 1. The highest BCUT2D eigenvalue weighted by molar-refractivity contribution is 6.05. The Morgan fingerprint density at radius 3 is 2.65 bits per heavy atom. The van der Waals surface area contributed by atoms with E-state index in [4.69, 9.17) is 4.74 Å². The van der Waals surface area contributed by atoms with Gasteiger partial charge in [0, 0.05) is 20.0 Å². The topological polar surface area (TPSA) is 79.0 Å². The van der Waals surface area contributed by atoms with Gasteiger partial charge in [-0.2, -0.15) is 0 Å². The number of nitrogens with one attached hydrogen (secondary N) is 1. The molecule has 0 unspecified atom stereocenters. The van der Waals surface area contributed by atoms with Crippen LogP contribution in [0.15, 0.2) is 18.2 Å². The van der Waals surface area contributed by atoms with Gasteiger partial charge in [0.05, 0.1) is 11.1 Å². The zero-order valence-corrected chi connectivity index (χ0v) is 18.5. The van der Waals surface area contributed by atoms with Crippen LogP contribution in [0.3, 0.4) is 0 Å². The summed E-state index contributed by atoms with van der Waals surface area (Å²) in [6.07, 6.45) is 8.18. The minimum absolute atomic E-state index is 0.0295. The van der Waals surface area contributed by atoms with Crippen molar-refractivity contribution in [2.75, 3.05) is 38.2 Å². The molecule has 0 aromatic heterocycles. The van der Waals surface area contributed by atoms with Crippen LogP contribution in [0.4, 0.5) is 5.69 Å². The van der Waals surface area contributed by atoms with Crippen molar-refractivity contribution in [2.24, 2.45) is 5.41 Å². The summed E-state index contributed by atoms with van der Waals surface area (Å²) in [6.45, 7) is 2.35. The summed E-state index contributed by atoms with van der Waals surface area (Å²) in [7, 11) is 1.77. The van der Waals surface area contributed by atoms with Gasteiger partial charge >= 0.3 is 0 Å². The van der Waals surface area contributed by atoms with Crippen LogP contribution in [0.25, 0.3) is 0 Å². The van der Waals surface area contributed by atoms with Gasteiger partial charge in [0.25, 0.3) is 5.91 Å². The van der Waals surface area contributed by atoms with Gasteiger partial charge in [0.2, 0.25) is 11.8 Å². The Kier molecular flexibility index (Phi) is 6.60. The minimum atomic E-state index is -0.367. The monoisotopic (exact) mass is 427 g/mol. The zero-order chi connectivity index (χ0) is 21.8. The van der Waals surface area contributed by atoms with Crippen molar-refractivity contribution < 1.29 is 19.1 Å². The lowest BCUT2D eigenvalue weighted by atomic mass is 9.73. The highest BCUT2D eigenvalue weighted by atomic mass is 16.5. The van der Waals surface area contributed by atoms with E-state index in [1.165, 1.54) is 16.9 Å². The summed E-state index contributed by atoms with van der Waals surface area (Å²) in [4.78, 5) is 40.0. The largest absolute Gasteiger partial charge is 0.482 e. The number of carbonyl (C=O) groups is 3. The molecule has 168 valence electrons. The number of carbonyl (C=O) groups excluding carboxylic acids is 3. The third kappa shape index (κ3) is 4.61. The molecule has 1 aromatic carbocycles. The van der Waals surface area contributed by atoms with E-state index >= 15 is 0 Å². The molecule has 3 aliphatic rings. The van der Waals surface area contributed by atoms with E-state index in [0.717, 1.165) is 69.5 Å². The van der Waals surface area contributed by atoms with Crippen LogP contribution in [0, 0.1) is 5.41 Å². The summed E-state index contributed by atoms with van der Waals surface area (Å²) >= 11 is 0. The fourth-order valence-corrected chi connectivity index (χ4v) is 5.06. The fourth-order valence-electron chi connectivity index (χ4n) is 5.06. The Morgan fingerprint density at radius 1 is 1.03 bits per heavy atom. The molecular weight excluding hydrogens is 394 g/mol. The minimum Gasteiger partial charge on any atom is -0.482 e. The molecule has 4 rings (SSSR count). The molecule has 1 saturated carbocycles. The highest BCUT2D eigenvalue weighted by Crippen LogP contribution is 2.45. The zero-order valence-electron chi connectivity index (χ0n) is 18.5. The van der Waals surface area contributed by atoms with E-state index in [-0.39, 0.29) is 29.7 Å². The van der Waals surface area contributed by atoms with Crippen molar-refractivity contribution >= 4 is 23.4 Å². The SMILES string of the molecule is CN1C(=O)COc2cc(CCNCCCCN3C(=O)CC4(CCCCC4)C3=O)ccc21. The summed E-state index contributed by atoms with van der Waals surface area (Å²) < 4.78 is 5.54. The molecule has 31 heavy (non-hydrogen) atoms. The lowest BCUT2D eigenvalue weighted by molar-refractivity contribution is -0.142. The maximum absolute atomic E-state index is 12.8. The van der Waals surface area contributed by atoms with Crippen LogP contribution in [-0.4, -0.2) is 55.9 Å². The molecule has 0 radical (unpaired) electrons. The molecule has 1 N–H and O–H groups in total. The van der Waals surface area contributed by atoms with Crippen molar-refractivity contribution in [1.29, 1.82) is 0 Å². The molecule has 2 fully saturated rings. The van der Waals surface area contributed by atoms with Crippen LogP contribution in [0.1, 0.15) is 56.9 Å². The molecular formula is C24H33N3O4. The van der Waals surface area contributed by atoms with Crippen molar-refractivity contribution in [1.82, 2.24) is 10.2 Å². The van der Waals surface area contributed by atoms with Gasteiger partial charge in [-0.15, -0.1) is 0 Å². The summed E-state index contributed by atoms with van der Waals surface area (Å²) in [6, 6.07) is 5.97. The van der Waals surface area contributed by atoms with Crippen LogP contribution in [0.2, 0.25) is 0 Å². The van der Waals surface area contributed by atoms with Crippen molar-refractivity contribution in [3.05, 3.63) is 23.8 Å². The normalized spacial score (nSPS) is 20.4. The molecule has 2 heterocycles. The number of nitrogens with zero attached hydrogens (tertiary/aromatic N) is 2. The third-order valence-electron chi connectivity index (χ3n) is 6.99. The Morgan fingerprint density at radius 2 is 1.84 bits per heavy atom. The number of hydrogen-bond donors (Lipinski definition) is 1. The maximum Gasteiger partial charge on any atom is 0.264 e. The summed E-state index contributed by atoms with van der Waals surface area (Å²) in [5.41, 5.74) is 1.61. The van der Waals surface area contributed by atoms with Gasteiger partial charge in [-0.25, -0.2) is 0 Å². The molecule has 7 heteroatoms. The van der Waals surface area contributed by atoms with Crippen LogP contribution < -0.4 is 15.0 Å². The second-order valence-electron chi connectivity index (χ2n) is 9.12. The van der Waals surface area contributed by atoms with Crippen LogP contribution in [0.5, 0.6) is 5.75 Å². The summed E-state index contributed by atoms with van der Waals surface area (Å²) in [5, 5.41) is 3.44. The van der Waals surface area contributed by atoms with Gasteiger partial charge in [-0.3, -0.25) is 19.3 Å². The summed E-state index contributed by atoms with van der Waals surface area (Å²) in [5.74, 6) is 0.845. The first-order valence-corrected chi connectivity index (χ1v) is 11.6. The molecule has 2 aliphatic heterocycles. The number of hydrogen-bond acceptors (Lipinski definition) is 5. The number of imide groups is 1. The molecule has 0 bridgehead atoms. The van der Waals surface area contributed by atoms with Crippen molar-refractivity contribution in [2.45, 2.75) is 57.8 Å². The molecule has 1 spiro atoms. The second kappa shape index (κ2) is 9.39. The smallest absolute Gasteiger partial charge is 0.264 e. The van der Waals surface area contributed by atoms with Gasteiger partial charge < -0.3 is 15.0 Å². The van der Waals surface area contributed by atoms with Crippen molar-refractivity contribution in [3.63, 3.8) is 0 Å². The first-order valence-electron chi connectivity index (χ1n) is 11.6. The van der Waals surface area contributed by atoms with Crippen molar-refractivity contribution in [3.8, 4) is 5.75 Å². The third-order valence-corrected chi connectivity index (χ3v) is 6.99. The predicted molar refractivity (Wildman–Crippen MR) is 118 cm³/mol. The van der Waals surface area contributed by atoms with E-state index in [9.17, 15) is 14.4 Å². The quantitative estimate of drug-likeness (QED) is 0.510. The lowest BCUT2D eigenvalue weighted by Gasteiger charge is -2.30. The van der Waals surface area contributed by atoms with Gasteiger partial charge in [0.1, 0.15) is 5.75 Å². The Labute approximate surface area is 184 Å². The molecule has 1 saturated heterocycles. The first kappa shape index (κ1) is 21.8. The highest BCUT2D eigenvalue weighted by Gasteiger charge is 2.51. The molecule has 0 atom stereocenters. The average Bonchev–Trinajstić information content (AvgIpc) is 2.99. The fraction of sp³-hybridized carbons (Fsp3) is 0.625. The molecule has 1 aliphatic carbocycles. The lowest BCUT2D eigenvalue weighted by Crippen LogP contribution is -2.37. The Hall–Kier alpha value is -2.41. The van der Waals surface area contributed by atoms with E-state index in [1.807, 2.05) is 18.2 Å². The molecule has 3 amide bonds. The number of likely N-dealkylation sites (tertiary alicyclic amines) is 1. The number of likely N-dealkylation sites (N-methyl/N-ethyl adjacent to an activating group) is 1. The number of rotatable bonds is 8. The van der Waals surface area contributed by atoms with Gasteiger partial charge in [-0.05, 0) is 62.9 Å². The van der Waals surface area contributed by atoms with E-state index < -0.39 is 0 Å². The van der Waals surface area contributed by atoms with E-state index in [2.05, 4.69) is 5.32 Å².